The van der Waals surface area contributed by atoms with E-state index in [2.05, 4.69) is 5.10 Å². The van der Waals surface area contributed by atoms with Crippen molar-refractivity contribution in [3.8, 4) is 0 Å². The molecule has 5 nitrogen and oxygen atoms in total. The molecule has 0 saturated heterocycles. The monoisotopic (exact) mass is 220 g/mol. The largest absolute Gasteiger partial charge is 1.00 e. The van der Waals surface area contributed by atoms with Gasteiger partial charge in [0.15, 0.2) is 0 Å². The van der Waals surface area contributed by atoms with Crippen LogP contribution in [0.3, 0.4) is 0 Å². The maximum absolute atomic E-state index is 10.0. The average Bonchev–Trinajstić information content (AvgIpc) is 1.85. The van der Waals surface area contributed by atoms with Gasteiger partial charge in [0.1, 0.15) is 0 Å². The van der Waals surface area contributed by atoms with Gasteiger partial charge in [0.05, 0.1) is 15.7 Å². The summed E-state index contributed by atoms with van der Waals surface area (Å²) in [6, 6.07) is 0. The zero-order chi connectivity index (χ0) is 8.74. The number of nitrogens with zero attached hydrogens (tertiary/aromatic N) is 1. The molecule has 0 bridgehead atoms. The first-order valence-corrected chi connectivity index (χ1v) is 5.46. The van der Waals surface area contributed by atoms with Gasteiger partial charge in [-0.25, -0.2) is 8.42 Å². The molecule has 0 rings (SSSR count). The molecule has 0 aromatic rings. The van der Waals surface area contributed by atoms with Crippen molar-refractivity contribution in [3.63, 3.8) is 0 Å². The van der Waals surface area contributed by atoms with Crippen molar-refractivity contribution in [2.24, 2.45) is 10.9 Å². The van der Waals surface area contributed by atoms with Crippen molar-refractivity contribution >= 4 is 27.4 Å². The van der Waals surface area contributed by atoms with Crippen LogP contribution < -0.4 is 35.4 Å². The third-order valence-electron chi connectivity index (χ3n) is 0.792. The average molecular weight is 220 g/mol. The Balaban J connectivity index is 0. The Morgan fingerprint density at radius 1 is 1.58 bits per heavy atom. The molecule has 2 N–H and O–H groups in total. The molecule has 0 aliphatic carbocycles. The van der Waals surface area contributed by atoms with Crippen molar-refractivity contribution in [2.45, 2.75) is 6.42 Å². The van der Waals surface area contributed by atoms with Crippen LogP contribution in [0.25, 0.3) is 0 Å². The standard InChI is InChI=1S/C4H10N2O3S2.Na/c5-6-4-10-2-1-3-11(7,8)9;/h4H,1-3,5H2,(H,7,8,9);/q;+1/p-1. The molecule has 0 unspecified atom stereocenters. The van der Waals surface area contributed by atoms with Crippen molar-refractivity contribution in [1.29, 1.82) is 0 Å². The number of hydrazone groups is 1. The van der Waals surface area contributed by atoms with Crippen molar-refractivity contribution in [2.75, 3.05) is 11.5 Å². The topological polar surface area (TPSA) is 95.6 Å². The molecule has 0 radical (unpaired) electrons. The molecule has 0 aliphatic heterocycles. The van der Waals surface area contributed by atoms with Gasteiger partial charge in [-0.3, -0.25) is 0 Å². The Morgan fingerprint density at radius 3 is 2.58 bits per heavy atom. The van der Waals surface area contributed by atoms with E-state index in [-0.39, 0.29) is 35.3 Å². The van der Waals surface area contributed by atoms with E-state index in [1.165, 1.54) is 17.3 Å². The van der Waals surface area contributed by atoms with Crippen LogP contribution in [0.2, 0.25) is 0 Å². The molecule has 8 heteroatoms. The van der Waals surface area contributed by atoms with Gasteiger partial charge in [-0.05, 0) is 12.2 Å². The molecule has 0 spiro atoms. The van der Waals surface area contributed by atoms with E-state index >= 15 is 0 Å². The fraction of sp³-hybridized carbons (Fsp3) is 0.750. The van der Waals surface area contributed by atoms with Crippen molar-refractivity contribution < 1.29 is 42.5 Å². The van der Waals surface area contributed by atoms with Crippen LogP contribution in [-0.4, -0.2) is 30.0 Å². The van der Waals surface area contributed by atoms with E-state index in [0.29, 0.717) is 12.2 Å². The summed E-state index contributed by atoms with van der Waals surface area (Å²) < 4.78 is 30.1. The summed E-state index contributed by atoms with van der Waals surface area (Å²) in [5.74, 6) is 4.99. The third kappa shape index (κ3) is 13.3. The fourth-order valence-corrected chi connectivity index (χ4v) is 1.60. The number of hydrogen-bond acceptors (Lipinski definition) is 6. The zero-order valence-electron chi connectivity index (χ0n) is 6.76. The summed E-state index contributed by atoms with van der Waals surface area (Å²) >= 11 is 1.27. The van der Waals surface area contributed by atoms with Crippen LogP contribution in [0, 0.1) is 0 Å². The minimum absolute atomic E-state index is 0. The van der Waals surface area contributed by atoms with Crippen LogP contribution in [0.1, 0.15) is 6.42 Å². The summed E-state index contributed by atoms with van der Waals surface area (Å²) in [5.41, 5.74) is 1.40. The van der Waals surface area contributed by atoms with Crippen LogP contribution in [0.4, 0.5) is 0 Å². The van der Waals surface area contributed by atoms with Gasteiger partial charge in [0.2, 0.25) is 0 Å². The molecule has 0 aliphatic rings. The Labute approximate surface area is 98.2 Å². The quantitative estimate of drug-likeness (QED) is 0.0989. The Morgan fingerprint density at radius 2 is 2.17 bits per heavy atom. The molecule has 66 valence electrons. The van der Waals surface area contributed by atoms with Crippen molar-refractivity contribution in [1.82, 2.24) is 0 Å². The first-order valence-electron chi connectivity index (χ1n) is 2.83. The normalized spacial score (nSPS) is 11.4. The molecular weight excluding hydrogens is 211 g/mol. The summed E-state index contributed by atoms with van der Waals surface area (Å²) in [4.78, 5) is 0. The predicted octanol–water partition coefficient (Wildman–Crippen LogP) is -3.44. The second-order valence-electron chi connectivity index (χ2n) is 1.74. The second kappa shape index (κ2) is 8.33. The summed E-state index contributed by atoms with van der Waals surface area (Å²) in [6.07, 6.45) is 0.336. The Kier molecular flexibility index (Phi) is 10.6. The van der Waals surface area contributed by atoms with Crippen LogP contribution in [0.15, 0.2) is 5.10 Å². The van der Waals surface area contributed by atoms with Crippen LogP contribution >= 0.6 is 11.8 Å². The molecule has 0 aromatic carbocycles. The van der Waals surface area contributed by atoms with Gasteiger partial charge in [0, 0.05) is 5.75 Å². The van der Waals surface area contributed by atoms with Gasteiger partial charge in [-0.2, -0.15) is 5.10 Å². The number of thioether (sulfide) groups is 1. The Hall–Kier alpha value is 0.730. The SMILES string of the molecule is NN=CSCCCS(=O)(=O)[O-].[Na+]. The third-order valence-corrected chi connectivity index (χ3v) is 2.38. The zero-order valence-corrected chi connectivity index (χ0v) is 10.4. The van der Waals surface area contributed by atoms with Crippen LogP contribution in [0.5, 0.6) is 0 Å². The second-order valence-corrected chi connectivity index (χ2v) is 4.22. The molecule has 0 aromatic heterocycles. The smallest absolute Gasteiger partial charge is 0.748 e. The molecule has 0 amide bonds. The van der Waals surface area contributed by atoms with E-state index < -0.39 is 10.1 Å². The fourth-order valence-electron chi connectivity index (χ4n) is 0.415. The maximum atomic E-state index is 10.0. The number of rotatable bonds is 5. The van der Waals surface area contributed by atoms with E-state index in [1.807, 2.05) is 0 Å². The number of nitrogens with two attached hydrogens (primary N) is 1. The van der Waals surface area contributed by atoms with E-state index in [9.17, 15) is 13.0 Å². The van der Waals surface area contributed by atoms with Gasteiger partial charge in [-0.15, -0.1) is 11.8 Å². The first-order chi connectivity index (χ1) is 5.06. The van der Waals surface area contributed by atoms with E-state index in [0.717, 1.165) is 0 Å². The first kappa shape index (κ1) is 15.2. The summed E-state index contributed by atoms with van der Waals surface area (Å²) in [6.45, 7) is 0. The van der Waals surface area contributed by atoms with Gasteiger partial charge < -0.3 is 10.4 Å². The van der Waals surface area contributed by atoms with E-state index in [4.69, 9.17) is 5.84 Å². The molecule has 12 heavy (non-hydrogen) atoms. The van der Waals surface area contributed by atoms with Crippen molar-refractivity contribution in [3.05, 3.63) is 0 Å². The summed E-state index contributed by atoms with van der Waals surface area (Å²) in [7, 11) is -4.05. The van der Waals surface area contributed by atoms with Crippen LogP contribution in [-0.2, 0) is 10.1 Å². The predicted molar refractivity (Wildman–Crippen MR) is 44.3 cm³/mol. The summed E-state index contributed by atoms with van der Waals surface area (Å²) in [5, 5.41) is 3.18. The maximum Gasteiger partial charge on any atom is 1.00 e. The number of hydrogen-bond donors (Lipinski definition) is 1. The minimum atomic E-state index is -4.05. The van der Waals surface area contributed by atoms with Gasteiger partial charge in [0.25, 0.3) is 0 Å². The van der Waals surface area contributed by atoms with Gasteiger partial charge >= 0.3 is 29.6 Å². The molecule has 0 heterocycles. The van der Waals surface area contributed by atoms with Gasteiger partial charge in [-0.1, -0.05) is 0 Å². The molecular formula is C4H9N2NaO3S2. The molecule has 0 atom stereocenters. The van der Waals surface area contributed by atoms with E-state index in [1.54, 1.807) is 0 Å². The Bertz CT molecular complexity index is 216. The molecule has 0 saturated carbocycles. The molecule has 0 fully saturated rings. The minimum Gasteiger partial charge on any atom is -0.748 e.